The highest BCUT2D eigenvalue weighted by Crippen LogP contribution is 2.51. The van der Waals surface area contributed by atoms with Gasteiger partial charge in [-0.15, -0.1) is 0 Å². The Morgan fingerprint density at radius 2 is 1.88 bits per heavy atom. The second kappa shape index (κ2) is 3.77. The van der Waals surface area contributed by atoms with Gasteiger partial charge in [-0.25, -0.2) is 9.97 Å². The van der Waals surface area contributed by atoms with Gasteiger partial charge in [0.25, 0.3) is 0 Å². The van der Waals surface area contributed by atoms with Gasteiger partial charge in [-0.05, 0) is 24.5 Å². The van der Waals surface area contributed by atoms with E-state index in [1.165, 1.54) is 5.56 Å². The maximum absolute atomic E-state index is 10.8. The van der Waals surface area contributed by atoms with Crippen molar-refractivity contribution in [3.63, 3.8) is 0 Å². The SMILES string of the molecule is O=Cc1ccnc(C2(c3ccccc3)CC2)n1. The first-order chi connectivity index (χ1) is 8.35. The van der Waals surface area contributed by atoms with Crippen molar-refractivity contribution < 1.29 is 4.79 Å². The third-order valence-corrected chi connectivity index (χ3v) is 3.30. The summed E-state index contributed by atoms with van der Waals surface area (Å²) in [5.41, 5.74) is 1.64. The number of hydrogen-bond donors (Lipinski definition) is 0. The molecule has 1 fully saturated rings. The van der Waals surface area contributed by atoms with E-state index in [-0.39, 0.29) is 5.41 Å². The molecule has 1 saturated carbocycles. The molecule has 0 amide bonds. The molecule has 1 heterocycles. The van der Waals surface area contributed by atoms with E-state index in [9.17, 15) is 4.79 Å². The Bertz CT molecular complexity index is 547. The number of carbonyl (C=O) groups excluding carboxylic acids is 1. The molecule has 1 aromatic carbocycles. The topological polar surface area (TPSA) is 42.9 Å². The zero-order chi connectivity index (χ0) is 11.7. The third-order valence-electron chi connectivity index (χ3n) is 3.30. The van der Waals surface area contributed by atoms with Gasteiger partial charge < -0.3 is 0 Å². The van der Waals surface area contributed by atoms with Crippen LogP contribution < -0.4 is 0 Å². The summed E-state index contributed by atoms with van der Waals surface area (Å²) in [4.78, 5) is 19.4. The van der Waals surface area contributed by atoms with Crippen molar-refractivity contribution in [1.82, 2.24) is 9.97 Å². The Hall–Kier alpha value is -2.03. The molecule has 0 saturated heterocycles. The van der Waals surface area contributed by atoms with Crippen LogP contribution in [0.3, 0.4) is 0 Å². The van der Waals surface area contributed by atoms with Gasteiger partial charge in [-0.3, -0.25) is 4.79 Å². The quantitative estimate of drug-likeness (QED) is 0.752. The Kier molecular flexibility index (Phi) is 2.25. The number of carbonyl (C=O) groups is 1. The Morgan fingerprint density at radius 3 is 2.53 bits per heavy atom. The molecule has 3 rings (SSSR count). The van der Waals surface area contributed by atoms with Crippen LogP contribution in [0.15, 0.2) is 42.6 Å². The minimum absolute atomic E-state index is 0.0553. The number of aldehydes is 1. The molecule has 1 aromatic heterocycles. The van der Waals surface area contributed by atoms with Crippen LogP contribution in [0, 0.1) is 0 Å². The van der Waals surface area contributed by atoms with Crippen molar-refractivity contribution in [3.05, 3.63) is 59.7 Å². The lowest BCUT2D eigenvalue weighted by molar-refractivity contribution is 0.111. The average molecular weight is 224 g/mol. The van der Waals surface area contributed by atoms with Crippen LogP contribution in [0.25, 0.3) is 0 Å². The van der Waals surface area contributed by atoms with Gasteiger partial charge in [0.15, 0.2) is 6.29 Å². The van der Waals surface area contributed by atoms with Crippen LogP contribution >= 0.6 is 0 Å². The fourth-order valence-electron chi connectivity index (χ4n) is 2.19. The summed E-state index contributed by atoms with van der Waals surface area (Å²) in [7, 11) is 0. The molecule has 1 aliphatic rings. The molecule has 0 spiro atoms. The molecule has 3 heteroatoms. The first kappa shape index (κ1) is 10.1. The van der Waals surface area contributed by atoms with Gasteiger partial charge in [0, 0.05) is 6.20 Å². The van der Waals surface area contributed by atoms with Gasteiger partial charge in [-0.2, -0.15) is 0 Å². The van der Waals surface area contributed by atoms with E-state index in [4.69, 9.17) is 0 Å². The predicted molar refractivity (Wildman–Crippen MR) is 63.9 cm³/mol. The van der Waals surface area contributed by atoms with Gasteiger partial charge >= 0.3 is 0 Å². The van der Waals surface area contributed by atoms with E-state index in [0.717, 1.165) is 25.0 Å². The molecule has 17 heavy (non-hydrogen) atoms. The minimum Gasteiger partial charge on any atom is -0.296 e. The highest BCUT2D eigenvalue weighted by Gasteiger charge is 2.48. The zero-order valence-electron chi connectivity index (χ0n) is 9.34. The van der Waals surface area contributed by atoms with E-state index < -0.39 is 0 Å². The highest BCUT2D eigenvalue weighted by molar-refractivity contribution is 5.71. The molecule has 0 N–H and O–H groups in total. The molecule has 0 unspecified atom stereocenters. The van der Waals surface area contributed by atoms with Crippen molar-refractivity contribution in [3.8, 4) is 0 Å². The lowest BCUT2D eigenvalue weighted by Crippen LogP contribution is -2.14. The van der Waals surface area contributed by atoms with E-state index in [1.54, 1.807) is 12.3 Å². The summed E-state index contributed by atoms with van der Waals surface area (Å²) in [6.45, 7) is 0. The van der Waals surface area contributed by atoms with Crippen molar-refractivity contribution in [2.45, 2.75) is 18.3 Å². The lowest BCUT2D eigenvalue weighted by Gasteiger charge is -2.13. The van der Waals surface area contributed by atoms with Crippen LogP contribution in [0.2, 0.25) is 0 Å². The smallest absolute Gasteiger partial charge is 0.168 e. The standard InChI is InChI=1S/C14H12N2O/c17-10-12-6-9-15-13(16-12)14(7-8-14)11-4-2-1-3-5-11/h1-6,9-10H,7-8H2. The average Bonchev–Trinajstić information content (AvgIpc) is 3.21. The summed E-state index contributed by atoms with van der Waals surface area (Å²) in [6, 6.07) is 11.9. The molecule has 84 valence electrons. The summed E-state index contributed by atoms with van der Waals surface area (Å²) in [6.07, 6.45) is 4.54. The summed E-state index contributed by atoms with van der Waals surface area (Å²) < 4.78 is 0. The summed E-state index contributed by atoms with van der Waals surface area (Å²) in [5.74, 6) is 0.772. The van der Waals surface area contributed by atoms with Crippen LogP contribution in [-0.2, 0) is 5.41 Å². The number of rotatable bonds is 3. The molecule has 2 aromatic rings. The van der Waals surface area contributed by atoms with Crippen LogP contribution in [0.1, 0.15) is 34.7 Å². The fourth-order valence-corrected chi connectivity index (χ4v) is 2.19. The van der Waals surface area contributed by atoms with Crippen LogP contribution in [-0.4, -0.2) is 16.3 Å². The molecule has 0 atom stereocenters. The number of nitrogens with zero attached hydrogens (tertiary/aromatic N) is 2. The monoisotopic (exact) mass is 224 g/mol. The van der Waals surface area contributed by atoms with E-state index in [1.807, 2.05) is 18.2 Å². The molecular formula is C14H12N2O. The number of aromatic nitrogens is 2. The Labute approximate surface area is 99.5 Å². The minimum atomic E-state index is -0.0553. The second-order valence-electron chi connectivity index (χ2n) is 4.37. The van der Waals surface area contributed by atoms with Crippen molar-refractivity contribution >= 4 is 6.29 Å². The number of hydrogen-bond acceptors (Lipinski definition) is 3. The first-order valence-corrected chi connectivity index (χ1v) is 5.69. The van der Waals surface area contributed by atoms with E-state index in [0.29, 0.717) is 5.69 Å². The Balaban J connectivity index is 2.06. The third kappa shape index (κ3) is 1.64. The van der Waals surface area contributed by atoms with Gasteiger partial charge in [-0.1, -0.05) is 30.3 Å². The molecule has 3 nitrogen and oxygen atoms in total. The highest BCUT2D eigenvalue weighted by atomic mass is 16.1. The van der Waals surface area contributed by atoms with Crippen molar-refractivity contribution in [2.24, 2.45) is 0 Å². The Morgan fingerprint density at radius 1 is 1.12 bits per heavy atom. The summed E-state index contributed by atoms with van der Waals surface area (Å²) >= 11 is 0. The van der Waals surface area contributed by atoms with Crippen molar-refractivity contribution in [1.29, 1.82) is 0 Å². The fraction of sp³-hybridized carbons (Fsp3) is 0.214. The lowest BCUT2D eigenvalue weighted by atomic mass is 9.95. The second-order valence-corrected chi connectivity index (χ2v) is 4.37. The van der Waals surface area contributed by atoms with Crippen LogP contribution in [0.4, 0.5) is 0 Å². The van der Waals surface area contributed by atoms with Crippen molar-refractivity contribution in [2.75, 3.05) is 0 Å². The normalized spacial score (nSPS) is 16.5. The summed E-state index contributed by atoms with van der Waals surface area (Å²) in [5, 5.41) is 0. The van der Waals surface area contributed by atoms with Crippen LogP contribution in [0.5, 0.6) is 0 Å². The molecule has 0 radical (unpaired) electrons. The predicted octanol–water partition coefficient (Wildman–Crippen LogP) is 2.37. The maximum Gasteiger partial charge on any atom is 0.168 e. The van der Waals surface area contributed by atoms with Gasteiger partial charge in [0.2, 0.25) is 0 Å². The largest absolute Gasteiger partial charge is 0.296 e. The first-order valence-electron chi connectivity index (χ1n) is 5.69. The van der Waals surface area contributed by atoms with Gasteiger partial charge in [0.1, 0.15) is 11.5 Å². The molecular weight excluding hydrogens is 212 g/mol. The molecule has 0 bridgehead atoms. The molecule has 0 aliphatic heterocycles. The molecule has 1 aliphatic carbocycles. The van der Waals surface area contributed by atoms with E-state index in [2.05, 4.69) is 22.1 Å². The maximum atomic E-state index is 10.8. The number of benzene rings is 1. The zero-order valence-corrected chi connectivity index (χ0v) is 9.34. The van der Waals surface area contributed by atoms with E-state index >= 15 is 0 Å². The van der Waals surface area contributed by atoms with Gasteiger partial charge in [0.05, 0.1) is 5.41 Å².